The molecule has 1 fully saturated rings. The summed E-state index contributed by atoms with van der Waals surface area (Å²) in [5.74, 6) is -0.549. The number of hydrogen-bond donors (Lipinski definition) is 1. The Morgan fingerprint density at radius 1 is 0.964 bits per heavy atom. The van der Waals surface area contributed by atoms with Gasteiger partial charge in [-0.2, -0.15) is 0 Å². The summed E-state index contributed by atoms with van der Waals surface area (Å²) in [6.07, 6.45) is 1.71. The molecule has 150 valence electrons. The number of aryl methyl sites for hydroxylation is 1. The van der Waals surface area contributed by atoms with Crippen LogP contribution in [0.3, 0.4) is 0 Å². The summed E-state index contributed by atoms with van der Waals surface area (Å²) in [4.78, 5) is 28.6. The predicted molar refractivity (Wildman–Crippen MR) is 110 cm³/mol. The minimum atomic E-state index is -0.423. The number of anilines is 1. The molecule has 1 aliphatic heterocycles. The van der Waals surface area contributed by atoms with Crippen LogP contribution in [0.15, 0.2) is 48.5 Å². The maximum atomic E-state index is 13.4. The molecule has 1 aliphatic rings. The Morgan fingerprint density at radius 2 is 1.68 bits per heavy atom. The number of nitrogens with zero attached hydrogens (tertiary/aromatic N) is 2. The van der Waals surface area contributed by atoms with Crippen LogP contribution in [0.4, 0.5) is 10.1 Å². The third kappa shape index (κ3) is 5.45. The maximum absolute atomic E-state index is 13.4. The first-order valence-electron chi connectivity index (χ1n) is 9.20. The third-order valence-corrected chi connectivity index (χ3v) is 4.87. The normalized spacial score (nSPS) is 14.2. The van der Waals surface area contributed by atoms with Gasteiger partial charge in [0.2, 0.25) is 5.91 Å². The number of nitrogens with two attached hydrogens (primary N) is 1. The van der Waals surface area contributed by atoms with Gasteiger partial charge in [0.05, 0.1) is 0 Å². The highest BCUT2D eigenvalue weighted by molar-refractivity contribution is 5.94. The fraction of sp³-hybridized carbons (Fsp3) is 0.333. The van der Waals surface area contributed by atoms with Gasteiger partial charge in [-0.3, -0.25) is 9.59 Å². The predicted octanol–water partition coefficient (Wildman–Crippen LogP) is 3.14. The van der Waals surface area contributed by atoms with Gasteiger partial charge in [-0.25, -0.2) is 4.39 Å². The molecule has 2 amide bonds. The molecule has 3 rings (SSSR count). The van der Waals surface area contributed by atoms with Crippen LogP contribution in [-0.4, -0.2) is 47.8 Å². The molecule has 0 radical (unpaired) electrons. The molecule has 0 atom stereocenters. The van der Waals surface area contributed by atoms with Crippen LogP contribution in [-0.2, 0) is 11.2 Å². The second kappa shape index (κ2) is 10.1. The zero-order chi connectivity index (χ0) is 19.2. The molecule has 0 aliphatic carbocycles. The van der Waals surface area contributed by atoms with E-state index in [9.17, 15) is 14.0 Å². The molecule has 0 spiro atoms. The first kappa shape index (κ1) is 21.7. The zero-order valence-electron chi connectivity index (χ0n) is 15.6. The number of nitrogen functional groups attached to an aromatic ring is 1. The molecule has 2 N–H and O–H groups in total. The van der Waals surface area contributed by atoms with Crippen LogP contribution in [0.1, 0.15) is 28.8 Å². The van der Waals surface area contributed by atoms with Crippen molar-refractivity contribution in [2.45, 2.75) is 19.3 Å². The third-order valence-electron chi connectivity index (χ3n) is 4.87. The van der Waals surface area contributed by atoms with E-state index >= 15 is 0 Å². The molecule has 5 nitrogen and oxygen atoms in total. The molecule has 2 aromatic rings. The number of rotatable bonds is 4. The summed E-state index contributed by atoms with van der Waals surface area (Å²) in [7, 11) is 0. The van der Waals surface area contributed by atoms with Crippen molar-refractivity contribution in [3.63, 3.8) is 0 Å². The van der Waals surface area contributed by atoms with Crippen LogP contribution in [0.5, 0.6) is 0 Å². The van der Waals surface area contributed by atoms with E-state index in [4.69, 9.17) is 5.73 Å². The van der Waals surface area contributed by atoms with Crippen molar-refractivity contribution in [2.24, 2.45) is 0 Å². The molecule has 0 aromatic heterocycles. The van der Waals surface area contributed by atoms with E-state index in [1.807, 2.05) is 24.3 Å². The lowest BCUT2D eigenvalue weighted by Gasteiger charge is -2.22. The minimum absolute atomic E-state index is 0. The number of amides is 2. The Bertz CT molecular complexity index is 831. The summed E-state index contributed by atoms with van der Waals surface area (Å²) in [5, 5.41) is 0. The van der Waals surface area contributed by atoms with Gasteiger partial charge in [0.25, 0.3) is 5.91 Å². The van der Waals surface area contributed by atoms with Crippen molar-refractivity contribution in [2.75, 3.05) is 31.9 Å². The fourth-order valence-electron chi connectivity index (χ4n) is 3.34. The van der Waals surface area contributed by atoms with Crippen molar-refractivity contribution in [1.82, 2.24) is 9.80 Å². The van der Waals surface area contributed by atoms with Gasteiger partial charge in [0.15, 0.2) is 0 Å². The Kier molecular flexibility index (Phi) is 7.81. The van der Waals surface area contributed by atoms with E-state index in [0.717, 1.165) is 5.56 Å². The standard InChI is InChI=1S/C21H24FN3O2.ClH/c22-18-7-3-6-17(15-18)21(27)25-12-4-11-24(13-14-25)20(26)10-9-16-5-1-2-8-19(16)23;/h1-3,5-8,15H,4,9-14,23H2;1H. The molecule has 1 saturated heterocycles. The van der Waals surface area contributed by atoms with Crippen molar-refractivity contribution in [3.8, 4) is 0 Å². The summed E-state index contributed by atoms with van der Waals surface area (Å²) in [6.45, 7) is 2.12. The van der Waals surface area contributed by atoms with Crippen LogP contribution in [0, 0.1) is 5.82 Å². The van der Waals surface area contributed by atoms with E-state index in [1.165, 1.54) is 18.2 Å². The average molecular weight is 406 g/mol. The van der Waals surface area contributed by atoms with Gasteiger partial charge in [-0.1, -0.05) is 24.3 Å². The van der Waals surface area contributed by atoms with Crippen molar-refractivity contribution in [1.29, 1.82) is 0 Å². The molecule has 7 heteroatoms. The monoisotopic (exact) mass is 405 g/mol. The fourth-order valence-corrected chi connectivity index (χ4v) is 3.34. The smallest absolute Gasteiger partial charge is 0.254 e. The van der Waals surface area contributed by atoms with Crippen LogP contribution in [0.2, 0.25) is 0 Å². The topological polar surface area (TPSA) is 66.6 Å². The largest absolute Gasteiger partial charge is 0.399 e. The highest BCUT2D eigenvalue weighted by Crippen LogP contribution is 2.15. The van der Waals surface area contributed by atoms with Gasteiger partial charge in [-0.15, -0.1) is 12.4 Å². The molecular weight excluding hydrogens is 381 g/mol. The number of halogens is 2. The van der Waals surface area contributed by atoms with Crippen molar-refractivity contribution < 1.29 is 14.0 Å². The number of para-hydroxylation sites is 1. The summed E-state index contributed by atoms with van der Waals surface area (Å²) >= 11 is 0. The van der Waals surface area contributed by atoms with Crippen molar-refractivity contribution >= 4 is 29.9 Å². The molecular formula is C21H25ClFN3O2. The van der Waals surface area contributed by atoms with E-state index < -0.39 is 5.82 Å². The molecule has 0 unspecified atom stereocenters. The Balaban J connectivity index is 0.00000280. The summed E-state index contributed by atoms with van der Waals surface area (Å²) in [6, 6.07) is 13.3. The second-order valence-corrected chi connectivity index (χ2v) is 6.74. The Hall–Kier alpha value is -2.60. The van der Waals surface area contributed by atoms with E-state index in [-0.39, 0.29) is 24.2 Å². The lowest BCUT2D eigenvalue weighted by atomic mass is 10.1. The zero-order valence-corrected chi connectivity index (χ0v) is 16.5. The molecule has 1 heterocycles. The highest BCUT2D eigenvalue weighted by atomic mass is 35.5. The first-order chi connectivity index (χ1) is 13.0. The lowest BCUT2D eigenvalue weighted by Crippen LogP contribution is -2.37. The second-order valence-electron chi connectivity index (χ2n) is 6.74. The van der Waals surface area contributed by atoms with Crippen LogP contribution < -0.4 is 5.73 Å². The molecule has 0 bridgehead atoms. The summed E-state index contributed by atoms with van der Waals surface area (Å²) < 4.78 is 13.4. The van der Waals surface area contributed by atoms with Gasteiger partial charge < -0.3 is 15.5 Å². The van der Waals surface area contributed by atoms with Gasteiger partial charge in [0.1, 0.15) is 5.82 Å². The first-order valence-corrected chi connectivity index (χ1v) is 9.20. The summed E-state index contributed by atoms with van der Waals surface area (Å²) in [5.41, 5.74) is 7.95. The number of carbonyl (C=O) groups is 2. The Morgan fingerprint density at radius 3 is 2.43 bits per heavy atom. The Labute approximate surface area is 170 Å². The van der Waals surface area contributed by atoms with Crippen LogP contribution in [0.25, 0.3) is 0 Å². The van der Waals surface area contributed by atoms with Crippen molar-refractivity contribution in [3.05, 3.63) is 65.5 Å². The van der Waals surface area contributed by atoms with E-state index in [2.05, 4.69) is 0 Å². The van der Waals surface area contributed by atoms with Gasteiger partial charge in [0, 0.05) is 43.9 Å². The maximum Gasteiger partial charge on any atom is 0.254 e. The van der Waals surface area contributed by atoms with Gasteiger partial charge in [-0.05, 0) is 42.7 Å². The molecule has 0 saturated carbocycles. The quantitative estimate of drug-likeness (QED) is 0.794. The average Bonchev–Trinajstić information content (AvgIpc) is 2.93. The van der Waals surface area contributed by atoms with Crippen LogP contribution >= 0.6 is 12.4 Å². The van der Waals surface area contributed by atoms with E-state index in [1.54, 1.807) is 15.9 Å². The highest BCUT2D eigenvalue weighted by Gasteiger charge is 2.23. The molecule has 28 heavy (non-hydrogen) atoms. The number of hydrogen-bond acceptors (Lipinski definition) is 3. The van der Waals surface area contributed by atoms with Gasteiger partial charge >= 0.3 is 0 Å². The molecule has 2 aromatic carbocycles. The number of benzene rings is 2. The minimum Gasteiger partial charge on any atom is -0.399 e. The number of carbonyl (C=O) groups excluding carboxylic acids is 2. The SMILES string of the molecule is Cl.Nc1ccccc1CCC(=O)N1CCCN(C(=O)c2cccc(F)c2)CC1. The lowest BCUT2D eigenvalue weighted by molar-refractivity contribution is -0.131. The van der Waals surface area contributed by atoms with E-state index in [0.29, 0.717) is 56.7 Å².